The lowest BCUT2D eigenvalue weighted by molar-refractivity contribution is 0.358. The quantitative estimate of drug-likeness (QED) is 0.325. The van der Waals surface area contributed by atoms with Crippen LogP contribution in [0, 0.1) is 7.14 Å². The first kappa shape index (κ1) is 15.2. The molecule has 5 heteroatoms. The van der Waals surface area contributed by atoms with Crippen LogP contribution in [0.25, 0.3) is 20.8 Å². The first-order valence-electron chi connectivity index (χ1n) is 6.27. The second kappa shape index (κ2) is 6.62. The first-order chi connectivity index (χ1) is 10.2. The maximum Gasteiger partial charge on any atom is 0.146 e. The third-order valence-electron chi connectivity index (χ3n) is 2.88. The molecule has 0 spiro atoms. The van der Waals surface area contributed by atoms with Crippen molar-refractivity contribution >= 4 is 66.7 Å². The van der Waals surface area contributed by atoms with E-state index in [1.54, 1.807) is 17.4 Å². The molecule has 0 N–H and O–H groups in total. The van der Waals surface area contributed by atoms with Crippen LogP contribution in [0.2, 0.25) is 0 Å². The van der Waals surface area contributed by atoms with Crippen LogP contribution in [0.15, 0.2) is 49.1 Å². The smallest absolute Gasteiger partial charge is 0.146 e. The molecule has 0 aliphatic rings. The van der Waals surface area contributed by atoms with E-state index in [-0.39, 0.29) is 0 Å². The fourth-order valence-electron chi connectivity index (χ4n) is 1.96. The standard InChI is InChI=1S/C16H11I2NOS/c1-2-7-20-15-11(17)8-10(9-12(15)18)16-19-13-5-3-4-6-14(13)21-16/h2-6,8-9H,1,7H2. The van der Waals surface area contributed by atoms with Crippen molar-refractivity contribution in [3.05, 3.63) is 56.2 Å². The van der Waals surface area contributed by atoms with E-state index in [9.17, 15) is 0 Å². The molecule has 2 nitrogen and oxygen atoms in total. The van der Waals surface area contributed by atoms with Gasteiger partial charge in [0.2, 0.25) is 0 Å². The van der Waals surface area contributed by atoms with Crippen LogP contribution in [0.5, 0.6) is 5.75 Å². The van der Waals surface area contributed by atoms with Gasteiger partial charge in [-0.25, -0.2) is 4.98 Å². The molecule has 0 saturated carbocycles. The third kappa shape index (κ3) is 3.24. The lowest BCUT2D eigenvalue weighted by Gasteiger charge is -2.10. The van der Waals surface area contributed by atoms with Crippen LogP contribution in [0.1, 0.15) is 0 Å². The Labute approximate surface area is 154 Å². The minimum absolute atomic E-state index is 0.520. The van der Waals surface area contributed by atoms with Gasteiger partial charge in [0.05, 0.1) is 17.4 Å². The van der Waals surface area contributed by atoms with E-state index >= 15 is 0 Å². The van der Waals surface area contributed by atoms with Gasteiger partial charge >= 0.3 is 0 Å². The van der Waals surface area contributed by atoms with Gasteiger partial charge in [-0.05, 0) is 69.4 Å². The number of aromatic nitrogens is 1. The second-order valence-corrected chi connectivity index (χ2v) is 7.71. The van der Waals surface area contributed by atoms with E-state index in [1.807, 2.05) is 18.2 Å². The molecule has 0 saturated heterocycles. The molecular weight excluding hydrogens is 508 g/mol. The summed E-state index contributed by atoms with van der Waals surface area (Å²) < 4.78 is 9.12. The van der Waals surface area contributed by atoms with Gasteiger partial charge in [-0.15, -0.1) is 11.3 Å². The minimum atomic E-state index is 0.520. The van der Waals surface area contributed by atoms with E-state index in [0.717, 1.165) is 29.0 Å². The van der Waals surface area contributed by atoms with Crippen LogP contribution in [-0.4, -0.2) is 11.6 Å². The summed E-state index contributed by atoms with van der Waals surface area (Å²) in [5.41, 5.74) is 2.19. The van der Waals surface area contributed by atoms with Gasteiger partial charge in [-0.3, -0.25) is 0 Å². The fraction of sp³-hybridized carbons (Fsp3) is 0.0625. The Morgan fingerprint density at radius 1 is 1.19 bits per heavy atom. The number of rotatable bonds is 4. The van der Waals surface area contributed by atoms with Crippen molar-refractivity contribution in [1.82, 2.24) is 4.98 Å². The third-order valence-corrected chi connectivity index (χ3v) is 5.57. The Kier molecular flexibility index (Phi) is 4.80. The summed E-state index contributed by atoms with van der Waals surface area (Å²) in [6.45, 7) is 4.21. The summed E-state index contributed by atoms with van der Waals surface area (Å²) in [6.07, 6.45) is 1.76. The van der Waals surface area contributed by atoms with Crippen molar-refractivity contribution in [3.63, 3.8) is 0 Å². The number of ether oxygens (including phenoxy) is 1. The van der Waals surface area contributed by atoms with Crippen molar-refractivity contribution in [2.75, 3.05) is 6.61 Å². The molecule has 0 radical (unpaired) electrons. The zero-order valence-electron chi connectivity index (χ0n) is 11.0. The van der Waals surface area contributed by atoms with Gasteiger partial charge in [-0.1, -0.05) is 24.8 Å². The summed E-state index contributed by atoms with van der Waals surface area (Å²) in [5.74, 6) is 0.918. The van der Waals surface area contributed by atoms with Gasteiger partial charge in [0.15, 0.2) is 0 Å². The van der Waals surface area contributed by atoms with E-state index in [2.05, 4.69) is 70.0 Å². The summed E-state index contributed by atoms with van der Waals surface area (Å²) in [6, 6.07) is 12.5. The van der Waals surface area contributed by atoms with E-state index in [4.69, 9.17) is 9.72 Å². The van der Waals surface area contributed by atoms with E-state index in [0.29, 0.717) is 6.61 Å². The summed E-state index contributed by atoms with van der Waals surface area (Å²) in [5, 5.41) is 1.04. The average molecular weight is 519 g/mol. The van der Waals surface area contributed by atoms with E-state index < -0.39 is 0 Å². The van der Waals surface area contributed by atoms with Crippen molar-refractivity contribution in [1.29, 1.82) is 0 Å². The zero-order valence-corrected chi connectivity index (χ0v) is 16.1. The van der Waals surface area contributed by atoms with Crippen LogP contribution in [-0.2, 0) is 0 Å². The van der Waals surface area contributed by atoms with Gasteiger partial charge in [0, 0.05) is 5.56 Å². The van der Waals surface area contributed by atoms with Gasteiger partial charge < -0.3 is 4.74 Å². The molecule has 0 bridgehead atoms. The maximum absolute atomic E-state index is 5.72. The minimum Gasteiger partial charge on any atom is -0.487 e. The molecule has 0 aliphatic carbocycles. The maximum atomic E-state index is 5.72. The molecule has 0 unspecified atom stereocenters. The highest BCUT2D eigenvalue weighted by molar-refractivity contribution is 14.1. The van der Waals surface area contributed by atoms with Crippen molar-refractivity contribution in [3.8, 4) is 16.3 Å². The molecule has 0 atom stereocenters. The number of para-hydroxylation sites is 1. The van der Waals surface area contributed by atoms with Crippen molar-refractivity contribution < 1.29 is 4.74 Å². The summed E-state index contributed by atoms with van der Waals surface area (Å²) in [4.78, 5) is 4.71. The molecule has 3 rings (SSSR count). The van der Waals surface area contributed by atoms with Crippen LogP contribution >= 0.6 is 56.5 Å². The largest absolute Gasteiger partial charge is 0.487 e. The van der Waals surface area contributed by atoms with Crippen molar-refractivity contribution in [2.24, 2.45) is 0 Å². The van der Waals surface area contributed by atoms with Crippen LogP contribution < -0.4 is 4.74 Å². The zero-order chi connectivity index (χ0) is 14.8. The topological polar surface area (TPSA) is 22.1 Å². The lowest BCUT2D eigenvalue weighted by atomic mass is 10.2. The Morgan fingerprint density at radius 3 is 2.57 bits per heavy atom. The van der Waals surface area contributed by atoms with Gasteiger partial charge in [0.1, 0.15) is 17.4 Å². The highest BCUT2D eigenvalue weighted by atomic mass is 127. The Bertz CT molecular complexity index is 757. The normalized spacial score (nSPS) is 10.8. The van der Waals surface area contributed by atoms with Crippen molar-refractivity contribution in [2.45, 2.75) is 0 Å². The number of hydrogen-bond acceptors (Lipinski definition) is 3. The summed E-state index contributed by atoms with van der Waals surface area (Å²) >= 11 is 6.34. The number of fused-ring (bicyclic) bond motifs is 1. The number of halogens is 2. The number of benzene rings is 2. The molecule has 1 heterocycles. The average Bonchev–Trinajstić information content (AvgIpc) is 2.90. The highest BCUT2D eigenvalue weighted by Crippen LogP contribution is 2.36. The Morgan fingerprint density at radius 2 is 1.90 bits per heavy atom. The molecule has 0 fully saturated rings. The predicted molar refractivity (Wildman–Crippen MR) is 106 cm³/mol. The van der Waals surface area contributed by atoms with Crippen LogP contribution in [0.3, 0.4) is 0 Å². The second-order valence-electron chi connectivity index (χ2n) is 4.36. The molecule has 106 valence electrons. The SMILES string of the molecule is C=CCOc1c(I)cc(-c2nc3ccccc3s2)cc1I. The Hall–Kier alpha value is -0.670. The fourth-order valence-corrected chi connectivity index (χ4v) is 4.99. The Balaban J connectivity index is 2.04. The monoisotopic (exact) mass is 519 g/mol. The molecule has 3 aromatic rings. The number of nitrogens with zero attached hydrogens (tertiary/aromatic N) is 1. The molecule has 21 heavy (non-hydrogen) atoms. The number of thiazole rings is 1. The molecule has 0 aliphatic heterocycles. The highest BCUT2D eigenvalue weighted by Gasteiger charge is 2.12. The van der Waals surface area contributed by atoms with Crippen LogP contribution in [0.4, 0.5) is 0 Å². The molecule has 2 aromatic carbocycles. The van der Waals surface area contributed by atoms with Gasteiger partial charge in [-0.2, -0.15) is 0 Å². The molecule has 1 aromatic heterocycles. The molecule has 0 amide bonds. The molecular formula is C16H11I2NOS. The van der Waals surface area contributed by atoms with Gasteiger partial charge in [0.25, 0.3) is 0 Å². The van der Waals surface area contributed by atoms with E-state index in [1.165, 1.54) is 4.70 Å². The lowest BCUT2D eigenvalue weighted by Crippen LogP contribution is -1.98. The number of hydrogen-bond donors (Lipinski definition) is 0. The summed E-state index contributed by atoms with van der Waals surface area (Å²) in [7, 11) is 0. The first-order valence-corrected chi connectivity index (χ1v) is 9.25. The predicted octanol–water partition coefficient (Wildman–Crippen LogP) is 5.74.